The number of esters is 1. The second-order valence-corrected chi connectivity index (χ2v) is 10.1. The van der Waals surface area contributed by atoms with E-state index in [1.807, 2.05) is 12.1 Å². The van der Waals surface area contributed by atoms with Gasteiger partial charge < -0.3 is 4.74 Å². The van der Waals surface area contributed by atoms with Crippen molar-refractivity contribution in [1.82, 2.24) is 0 Å². The Morgan fingerprint density at radius 3 is 2.54 bits per heavy atom. The molecule has 0 saturated heterocycles. The minimum absolute atomic E-state index is 0.00385. The normalized spacial score (nSPS) is 35.9. The summed E-state index contributed by atoms with van der Waals surface area (Å²) < 4.78 is 5.86. The summed E-state index contributed by atoms with van der Waals surface area (Å²) in [6.45, 7) is 8.97. The van der Waals surface area contributed by atoms with E-state index in [1.54, 1.807) is 0 Å². The molecule has 5 atom stereocenters. The van der Waals surface area contributed by atoms with Crippen molar-refractivity contribution in [1.29, 1.82) is 0 Å². The van der Waals surface area contributed by atoms with Gasteiger partial charge >= 0.3 is 5.97 Å². The molecule has 3 aliphatic carbocycles. The molecule has 0 N–H and O–H groups in total. The monoisotopic (exact) mass is 354 g/mol. The zero-order chi connectivity index (χ0) is 18.5. The fourth-order valence-electron chi connectivity index (χ4n) is 6.37. The molecule has 3 fully saturated rings. The zero-order valence-electron chi connectivity index (χ0n) is 16.9. The summed E-state index contributed by atoms with van der Waals surface area (Å²) in [5.74, 6) is 3.58. The van der Waals surface area contributed by atoms with Crippen LogP contribution in [0.5, 0.6) is 5.75 Å². The van der Waals surface area contributed by atoms with E-state index in [4.69, 9.17) is 4.74 Å². The maximum Gasteiger partial charge on any atom is 0.317 e. The minimum atomic E-state index is -0.282. The zero-order valence-corrected chi connectivity index (χ0v) is 16.9. The van der Waals surface area contributed by atoms with Crippen molar-refractivity contribution in [3.63, 3.8) is 0 Å². The first kappa shape index (κ1) is 18.1. The Morgan fingerprint density at radius 1 is 1.19 bits per heavy atom. The number of rotatable bonds is 6. The molecule has 142 valence electrons. The highest BCUT2D eigenvalue weighted by Crippen LogP contribution is 2.74. The van der Waals surface area contributed by atoms with E-state index in [0.717, 1.165) is 24.7 Å². The van der Waals surface area contributed by atoms with E-state index in [9.17, 15) is 4.79 Å². The molecule has 2 bridgehead atoms. The first-order chi connectivity index (χ1) is 12.3. The van der Waals surface area contributed by atoms with Crippen LogP contribution in [0.2, 0.25) is 0 Å². The van der Waals surface area contributed by atoms with E-state index in [2.05, 4.69) is 39.8 Å². The topological polar surface area (TPSA) is 26.3 Å². The summed E-state index contributed by atoms with van der Waals surface area (Å²) >= 11 is 0. The molecule has 1 aromatic rings. The molecule has 4 rings (SSSR count). The lowest BCUT2D eigenvalue weighted by Crippen LogP contribution is -2.39. The number of hydrogen-bond donors (Lipinski definition) is 0. The van der Waals surface area contributed by atoms with Gasteiger partial charge in [0.1, 0.15) is 5.75 Å². The van der Waals surface area contributed by atoms with Gasteiger partial charge in [0.25, 0.3) is 0 Å². The van der Waals surface area contributed by atoms with E-state index in [0.29, 0.717) is 23.0 Å². The molecule has 1 aromatic carbocycles. The van der Waals surface area contributed by atoms with Crippen LogP contribution >= 0.6 is 0 Å². The number of hydrogen-bond acceptors (Lipinski definition) is 2. The SMILES string of the molecule is CCCC(c1ccc(OC(=O)C2(C)CC3CC4CC4(C3)C2)cc1)C(C)C. The summed E-state index contributed by atoms with van der Waals surface area (Å²) in [5.41, 5.74) is 1.59. The van der Waals surface area contributed by atoms with Gasteiger partial charge in [0.15, 0.2) is 0 Å². The van der Waals surface area contributed by atoms with Gasteiger partial charge in [-0.15, -0.1) is 0 Å². The highest BCUT2D eigenvalue weighted by molar-refractivity contribution is 5.79. The molecule has 0 amide bonds. The van der Waals surface area contributed by atoms with Crippen LogP contribution in [0.25, 0.3) is 0 Å². The summed E-state index contributed by atoms with van der Waals surface area (Å²) in [4.78, 5) is 13.0. The standard InChI is InChI=1S/C24H34O2/c1-5-6-21(16(2)3)18-7-9-20(10-8-18)26-22(25)23(4)12-17-11-19-14-24(19,13-17)15-23/h7-10,16-17,19,21H,5-6,11-15H2,1-4H3. The van der Waals surface area contributed by atoms with Crippen LogP contribution in [0.15, 0.2) is 24.3 Å². The predicted molar refractivity (Wildman–Crippen MR) is 105 cm³/mol. The van der Waals surface area contributed by atoms with Gasteiger partial charge in [-0.1, -0.05) is 39.3 Å². The molecule has 0 radical (unpaired) electrons. The first-order valence-corrected chi connectivity index (χ1v) is 10.7. The maximum atomic E-state index is 13.0. The molecular weight excluding hydrogens is 320 g/mol. The lowest BCUT2D eigenvalue weighted by Gasteiger charge is -2.37. The predicted octanol–water partition coefficient (Wildman–Crippen LogP) is 6.35. The number of benzene rings is 1. The molecule has 0 aromatic heterocycles. The average molecular weight is 355 g/mol. The van der Waals surface area contributed by atoms with Crippen molar-refractivity contribution in [2.75, 3.05) is 0 Å². The Labute approximate surface area is 158 Å². The second kappa shape index (κ2) is 6.39. The van der Waals surface area contributed by atoms with Crippen molar-refractivity contribution >= 4 is 5.97 Å². The van der Waals surface area contributed by atoms with Gasteiger partial charge in [-0.05, 0) is 92.2 Å². The Kier molecular flexibility index (Phi) is 4.44. The molecule has 0 heterocycles. The number of carbonyl (C=O) groups excluding carboxylic acids is 1. The Hall–Kier alpha value is -1.31. The minimum Gasteiger partial charge on any atom is -0.426 e. The highest BCUT2D eigenvalue weighted by Gasteiger charge is 2.66. The summed E-state index contributed by atoms with van der Waals surface area (Å²) in [5, 5.41) is 0. The third kappa shape index (κ3) is 3.10. The highest BCUT2D eigenvalue weighted by atomic mass is 16.5. The van der Waals surface area contributed by atoms with Gasteiger partial charge in [0.2, 0.25) is 0 Å². The smallest absolute Gasteiger partial charge is 0.317 e. The van der Waals surface area contributed by atoms with Crippen LogP contribution in [0, 0.1) is 28.6 Å². The van der Waals surface area contributed by atoms with E-state index in [-0.39, 0.29) is 11.4 Å². The van der Waals surface area contributed by atoms with Gasteiger partial charge in [-0.2, -0.15) is 0 Å². The number of fused-ring (bicyclic) bond motifs is 1. The van der Waals surface area contributed by atoms with Gasteiger partial charge in [-0.25, -0.2) is 0 Å². The van der Waals surface area contributed by atoms with E-state index < -0.39 is 0 Å². The molecule has 0 aliphatic heterocycles. The van der Waals surface area contributed by atoms with E-state index >= 15 is 0 Å². The number of carbonyl (C=O) groups is 1. The molecule has 3 saturated carbocycles. The summed E-state index contributed by atoms with van der Waals surface area (Å²) in [6, 6.07) is 8.31. The Bertz CT molecular complexity index is 676. The van der Waals surface area contributed by atoms with Crippen molar-refractivity contribution in [3.05, 3.63) is 29.8 Å². The number of ether oxygens (including phenoxy) is 1. The first-order valence-electron chi connectivity index (χ1n) is 10.7. The molecule has 5 unspecified atom stereocenters. The van der Waals surface area contributed by atoms with E-state index in [1.165, 1.54) is 37.7 Å². The Morgan fingerprint density at radius 2 is 1.92 bits per heavy atom. The Balaban J connectivity index is 1.43. The molecule has 1 spiro atoms. The van der Waals surface area contributed by atoms with Gasteiger partial charge in [0.05, 0.1) is 5.41 Å². The molecule has 26 heavy (non-hydrogen) atoms. The lowest BCUT2D eigenvalue weighted by atomic mass is 9.67. The van der Waals surface area contributed by atoms with Crippen LogP contribution in [0.4, 0.5) is 0 Å². The summed E-state index contributed by atoms with van der Waals surface area (Å²) in [6.07, 6.45) is 8.55. The molecule has 2 nitrogen and oxygen atoms in total. The van der Waals surface area contributed by atoms with Crippen LogP contribution in [-0.4, -0.2) is 5.97 Å². The lowest BCUT2D eigenvalue weighted by molar-refractivity contribution is -0.148. The van der Waals surface area contributed by atoms with Crippen molar-refractivity contribution in [2.45, 2.75) is 78.6 Å². The molecular formula is C24H34O2. The van der Waals surface area contributed by atoms with Crippen molar-refractivity contribution in [3.8, 4) is 5.75 Å². The van der Waals surface area contributed by atoms with Crippen molar-refractivity contribution < 1.29 is 9.53 Å². The molecule has 2 heteroatoms. The third-order valence-corrected chi connectivity index (χ3v) is 7.57. The summed E-state index contributed by atoms with van der Waals surface area (Å²) in [7, 11) is 0. The van der Waals surface area contributed by atoms with Crippen LogP contribution in [0.3, 0.4) is 0 Å². The fourth-order valence-corrected chi connectivity index (χ4v) is 6.37. The average Bonchev–Trinajstić information content (AvgIpc) is 3.14. The maximum absolute atomic E-state index is 13.0. The molecule has 3 aliphatic rings. The largest absolute Gasteiger partial charge is 0.426 e. The van der Waals surface area contributed by atoms with Crippen LogP contribution in [0.1, 0.15) is 84.1 Å². The van der Waals surface area contributed by atoms with Gasteiger partial charge in [-0.3, -0.25) is 4.79 Å². The van der Waals surface area contributed by atoms with Crippen LogP contribution < -0.4 is 4.74 Å². The fraction of sp³-hybridized carbons (Fsp3) is 0.708. The van der Waals surface area contributed by atoms with Crippen molar-refractivity contribution in [2.24, 2.45) is 28.6 Å². The van der Waals surface area contributed by atoms with Crippen LogP contribution in [-0.2, 0) is 4.79 Å². The quantitative estimate of drug-likeness (QED) is 0.439. The third-order valence-electron chi connectivity index (χ3n) is 7.57. The second-order valence-electron chi connectivity index (χ2n) is 10.1. The van der Waals surface area contributed by atoms with Gasteiger partial charge in [0, 0.05) is 0 Å².